The molecule has 104 valence electrons. The first-order chi connectivity index (χ1) is 9.83. The van der Waals surface area contributed by atoms with E-state index < -0.39 is 0 Å². The van der Waals surface area contributed by atoms with Crippen molar-refractivity contribution in [2.75, 3.05) is 18.4 Å². The molecule has 2 aromatic rings. The van der Waals surface area contributed by atoms with E-state index in [2.05, 4.69) is 28.1 Å². The number of carbonyl (C=O) groups excluding carboxylic acids is 1. The van der Waals surface area contributed by atoms with Crippen LogP contribution in [0.5, 0.6) is 0 Å². The van der Waals surface area contributed by atoms with Crippen molar-refractivity contribution in [1.29, 1.82) is 0 Å². The van der Waals surface area contributed by atoms with Crippen molar-refractivity contribution >= 4 is 22.9 Å². The van der Waals surface area contributed by atoms with Gasteiger partial charge in [0.2, 0.25) is 5.91 Å². The average molecular weight is 286 g/mol. The van der Waals surface area contributed by atoms with Crippen molar-refractivity contribution in [3.05, 3.63) is 41.8 Å². The van der Waals surface area contributed by atoms with Crippen molar-refractivity contribution in [3.63, 3.8) is 0 Å². The minimum absolute atomic E-state index is 0.0918. The normalized spacial score (nSPS) is 18.7. The number of carbonyl (C=O) groups is 1. The first-order valence-corrected chi connectivity index (χ1v) is 7.86. The van der Waals surface area contributed by atoms with E-state index in [1.54, 1.807) is 11.3 Å². The fraction of sp³-hybridized carbons (Fsp3) is 0.312. The van der Waals surface area contributed by atoms with Crippen LogP contribution in [-0.2, 0) is 4.79 Å². The minimum atomic E-state index is 0.0918. The highest BCUT2D eigenvalue weighted by Crippen LogP contribution is 2.27. The Morgan fingerprint density at radius 2 is 2.25 bits per heavy atom. The number of hydrogen-bond donors (Lipinski definition) is 2. The lowest BCUT2D eigenvalue weighted by Gasteiger charge is -2.22. The van der Waals surface area contributed by atoms with Gasteiger partial charge in [-0.3, -0.25) is 4.79 Å². The maximum absolute atomic E-state index is 12.2. The molecule has 0 bridgehead atoms. The van der Waals surface area contributed by atoms with Crippen molar-refractivity contribution in [2.24, 2.45) is 5.92 Å². The topological polar surface area (TPSA) is 41.1 Å². The van der Waals surface area contributed by atoms with Crippen LogP contribution in [0.2, 0.25) is 0 Å². The molecule has 2 heterocycles. The second-order valence-electron chi connectivity index (χ2n) is 5.09. The summed E-state index contributed by atoms with van der Waals surface area (Å²) in [5.74, 6) is 0.217. The molecule has 1 fully saturated rings. The van der Waals surface area contributed by atoms with Crippen molar-refractivity contribution in [2.45, 2.75) is 12.8 Å². The second-order valence-corrected chi connectivity index (χ2v) is 6.04. The number of anilines is 1. The molecule has 1 aliphatic heterocycles. The molecule has 1 unspecified atom stereocenters. The van der Waals surface area contributed by atoms with Gasteiger partial charge in [0.15, 0.2) is 0 Å². The molecular weight excluding hydrogens is 268 g/mol. The maximum Gasteiger partial charge on any atom is 0.228 e. The third-order valence-corrected chi connectivity index (χ3v) is 4.52. The number of rotatable bonds is 3. The first kappa shape index (κ1) is 13.3. The molecule has 3 nitrogen and oxygen atoms in total. The molecule has 20 heavy (non-hydrogen) atoms. The van der Waals surface area contributed by atoms with Gasteiger partial charge >= 0.3 is 0 Å². The molecule has 0 aliphatic carbocycles. The van der Waals surface area contributed by atoms with Gasteiger partial charge in [0.25, 0.3) is 0 Å². The third-order valence-electron chi connectivity index (χ3n) is 3.60. The lowest BCUT2D eigenvalue weighted by molar-refractivity contribution is -0.120. The summed E-state index contributed by atoms with van der Waals surface area (Å²) in [6.45, 7) is 1.81. The van der Waals surface area contributed by atoms with E-state index in [0.29, 0.717) is 0 Å². The summed E-state index contributed by atoms with van der Waals surface area (Å²) in [5.41, 5.74) is 2.03. The van der Waals surface area contributed by atoms with Gasteiger partial charge in [-0.1, -0.05) is 18.2 Å². The zero-order valence-corrected chi connectivity index (χ0v) is 12.1. The minimum Gasteiger partial charge on any atom is -0.326 e. The third kappa shape index (κ3) is 3.08. The number of amides is 1. The summed E-state index contributed by atoms with van der Waals surface area (Å²) < 4.78 is 0. The molecule has 0 saturated carbocycles. The summed E-state index contributed by atoms with van der Waals surface area (Å²) in [5, 5.41) is 8.38. The Kier molecular flexibility index (Phi) is 4.14. The number of thiophene rings is 1. The van der Waals surface area contributed by atoms with E-state index in [1.165, 1.54) is 4.88 Å². The van der Waals surface area contributed by atoms with Gasteiger partial charge in [0, 0.05) is 17.1 Å². The maximum atomic E-state index is 12.2. The van der Waals surface area contributed by atoms with Gasteiger partial charge in [-0.25, -0.2) is 0 Å². The Hall–Kier alpha value is -1.65. The lowest BCUT2D eigenvalue weighted by Crippen LogP contribution is -2.37. The van der Waals surface area contributed by atoms with Crippen LogP contribution in [-0.4, -0.2) is 19.0 Å². The van der Waals surface area contributed by atoms with Crippen LogP contribution in [0.3, 0.4) is 0 Å². The Labute approximate surface area is 123 Å². The zero-order valence-electron chi connectivity index (χ0n) is 11.3. The summed E-state index contributed by atoms with van der Waals surface area (Å²) in [6.07, 6.45) is 2.05. The van der Waals surface area contributed by atoms with Crippen LogP contribution in [0.4, 0.5) is 5.69 Å². The predicted molar refractivity (Wildman–Crippen MR) is 84.0 cm³/mol. The molecule has 0 radical (unpaired) electrons. The molecule has 1 aromatic heterocycles. The Morgan fingerprint density at radius 3 is 3.00 bits per heavy atom. The molecule has 1 aromatic carbocycles. The Morgan fingerprint density at radius 1 is 1.30 bits per heavy atom. The fourth-order valence-corrected chi connectivity index (χ4v) is 3.24. The summed E-state index contributed by atoms with van der Waals surface area (Å²) in [4.78, 5) is 13.4. The van der Waals surface area contributed by atoms with E-state index in [1.807, 2.05) is 24.3 Å². The molecule has 1 atom stereocenters. The quantitative estimate of drug-likeness (QED) is 0.908. The van der Waals surface area contributed by atoms with Crippen molar-refractivity contribution < 1.29 is 4.79 Å². The average Bonchev–Trinajstić information content (AvgIpc) is 3.03. The first-order valence-electron chi connectivity index (χ1n) is 6.98. The zero-order chi connectivity index (χ0) is 13.8. The molecular formula is C16H18N2OS. The monoisotopic (exact) mass is 286 g/mol. The SMILES string of the molecule is O=C(Nc1cccc(-c2cccs2)c1)C1CCCNC1. The number of benzene rings is 1. The highest BCUT2D eigenvalue weighted by Gasteiger charge is 2.20. The fourth-order valence-electron chi connectivity index (χ4n) is 2.51. The number of nitrogens with one attached hydrogen (secondary N) is 2. The summed E-state index contributed by atoms with van der Waals surface area (Å²) in [7, 11) is 0. The van der Waals surface area contributed by atoms with Gasteiger partial charge in [-0.05, 0) is 48.5 Å². The predicted octanol–water partition coefficient (Wildman–Crippen LogP) is 3.35. The van der Waals surface area contributed by atoms with E-state index in [9.17, 15) is 4.79 Å². The summed E-state index contributed by atoms with van der Waals surface area (Å²) >= 11 is 1.71. The van der Waals surface area contributed by atoms with Gasteiger partial charge in [0.1, 0.15) is 0 Å². The van der Waals surface area contributed by atoms with E-state index in [0.717, 1.165) is 37.2 Å². The highest BCUT2D eigenvalue weighted by molar-refractivity contribution is 7.13. The van der Waals surface area contributed by atoms with Crippen LogP contribution in [0.15, 0.2) is 41.8 Å². The number of hydrogen-bond acceptors (Lipinski definition) is 3. The van der Waals surface area contributed by atoms with E-state index in [-0.39, 0.29) is 11.8 Å². The van der Waals surface area contributed by atoms with Crippen molar-refractivity contribution in [3.8, 4) is 10.4 Å². The van der Waals surface area contributed by atoms with E-state index >= 15 is 0 Å². The van der Waals surface area contributed by atoms with E-state index in [4.69, 9.17) is 0 Å². The summed E-state index contributed by atoms with van der Waals surface area (Å²) in [6, 6.07) is 12.2. The Balaban J connectivity index is 1.71. The lowest BCUT2D eigenvalue weighted by atomic mass is 9.98. The van der Waals surface area contributed by atoms with Crippen LogP contribution < -0.4 is 10.6 Å². The number of piperidine rings is 1. The standard InChI is InChI=1S/C16H18N2OS/c19-16(13-5-2-8-17-11-13)18-14-6-1-4-12(10-14)15-7-3-9-20-15/h1,3-4,6-7,9-10,13,17H,2,5,8,11H2,(H,18,19). The van der Waals surface area contributed by atoms with Crippen LogP contribution in [0.1, 0.15) is 12.8 Å². The van der Waals surface area contributed by atoms with Gasteiger partial charge in [0.05, 0.1) is 5.92 Å². The van der Waals surface area contributed by atoms with Gasteiger partial charge in [-0.15, -0.1) is 11.3 Å². The van der Waals surface area contributed by atoms with Gasteiger partial charge in [-0.2, -0.15) is 0 Å². The highest BCUT2D eigenvalue weighted by atomic mass is 32.1. The van der Waals surface area contributed by atoms with Gasteiger partial charge < -0.3 is 10.6 Å². The molecule has 1 saturated heterocycles. The molecule has 2 N–H and O–H groups in total. The molecule has 1 aliphatic rings. The molecule has 4 heteroatoms. The van der Waals surface area contributed by atoms with Crippen LogP contribution in [0, 0.1) is 5.92 Å². The molecule has 0 spiro atoms. The smallest absolute Gasteiger partial charge is 0.228 e. The van der Waals surface area contributed by atoms with Crippen LogP contribution in [0.25, 0.3) is 10.4 Å². The largest absolute Gasteiger partial charge is 0.326 e. The Bertz CT molecular complexity index is 574. The molecule has 1 amide bonds. The van der Waals surface area contributed by atoms with Crippen molar-refractivity contribution in [1.82, 2.24) is 5.32 Å². The van der Waals surface area contributed by atoms with Crippen LogP contribution >= 0.6 is 11.3 Å². The second kappa shape index (κ2) is 6.20. The molecule has 3 rings (SSSR count).